The summed E-state index contributed by atoms with van der Waals surface area (Å²) in [4.78, 5) is 11.1. The number of aromatic nitrogens is 1. The van der Waals surface area contributed by atoms with Crippen LogP contribution in [-0.2, 0) is 4.74 Å². The molecule has 0 saturated heterocycles. The molecule has 0 radical (unpaired) electrons. The lowest BCUT2D eigenvalue weighted by molar-refractivity contribution is 0.0687. The van der Waals surface area contributed by atoms with Crippen molar-refractivity contribution < 1.29 is 14.6 Å². The van der Waals surface area contributed by atoms with Gasteiger partial charge in [0.05, 0.1) is 17.7 Å². The molecule has 4 nitrogen and oxygen atoms in total. The van der Waals surface area contributed by atoms with Crippen molar-refractivity contribution in [3.63, 3.8) is 0 Å². The van der Waals surface area contributed by atoms with Crippen molar-refractivity contribution in [1.82, 2.24) is 4.57 Å². The van der Waals surface area contributed by atoms with Gasteiger partial charge in [-0.1, -0.05) is 0 Å². The van der Waals surface area contributed by atoms with Gasteiger partial charge in [-0.15, -0.1) is 0 Å². The minimum atomic E-state index is -0.851. The zero-order chi connectivity index (χ0) is 12.6. The Kier molecular flexibility index (Phi) is 3.24. The van der Waals surface area contributed by atoms with Gasteiger partial charge in [0.1, 0.15) is 0 Å². The number of carbonyl (C=O) groups is 1. The van der Waals surface area contributed by atoms with Crippen molar-refractivity contribution in [3.8, 4) is 0 Å². The van der Waals surface area contributed by atoms with E-state index in [1.807, 2.05) is 13.8 Å². The fourth-order valence-electron chi connectivity index (χ4n) is 2.98. The summed E-state index contributed by atoms with van der Waals surface area (Å²) < 4.78 is 7.62. The smallest absolute Gasteiger partial charge is 0.337 e. The van der Waals surface area contributed by atoms with Gasteiger partial charge in [0.2, 0.25) is 0 Å². The second-order valence-electron chi connectivity index (χ2n) is 4.73. The second kappa shape index (κ2) is 4.53. The molecule has 1 aromatic heterocycles. The molecule has 1 aliphatic rings. The Morgan fingerprint density at radius 3 is 2.71 bits per heavy atom. The molecule has 2 unspecified atom stereocenters. The van der Waals surface area contributed by atoms with Crippen LogP contribution in [0.5, 0.6) is 0 Å². The molecule has 1 heterocycles. The van der Waals surface area contributed by atoms with Gasteiger partial charge >= 0.3 is 5.97 Å². The maximum absolute atomic E-state index is 11.1. The topological polar surface area (TPSA) is 51.5 Å². The van der Waals surface area contributed by atoms with E-state index in [4.69, 9.17) is 9.84 Å². The number of hydrogen-bond donors (Lipinski definition) is 1. The predicted octanol–water partition coefficient (Wildman–Crippen LogP) is 2.54. The van der Waals surface area contributed by atoms with Gasteiger partial charge in [0.25, 0.3) is 0 Å². The third-order valence-corrected chi connectivity index (χ3v) is 3.77. The summed E-state index contributed by atoms with van der Waals surface area (Å²) in [7, 11) is 1.73. The van der Waals surface area contributed by atoms with Gasteiger partial charge in [0.15, 0.2) is 0 Å². The quantitative estimate of drug-likeness (QED) is 0.879. The first-order chi connectivity index (χ1) is 8.06. The molecular formula is C13H19NO3. The molecular weight excluding hydrogens is 218 g/mol. The molecule has 94 valence electrons. The molecule has 1 fully saturated rings. The van der Waals surface area contributed by atoms with E-state index in [9.17, 15) is 4.79 Å². The van der Waals surface area contributed by atoms with Gasteiger partial charge in [-0.2, -0.15) is 0 Å². The van der Waals surface area contributed by atoms with E-state index in [1.165, 1.54) is 0 Å². The van der Waals surface area contributed by atoms with Crippen LogP contribution >= 0.6 is 0 Å². The molecule has 17 heavy (non-hydrogen) atoms. The number of rotatable bonds is 3. The highest BCUT2D eigenvalue weighted by Crippen LogP contribution is 2.35. The lowest BCUT2D eigenvalue weighted by Crippen LogP contribution is -2.22. The molecule has 0 spiro atoms. The molecule has 0 aromatic carbocycles. The van der Waals surface area contributed by atoms with Crippen LogP contribution in [0.15, 0.2) is 6.07 Å². The maximum Gasteiger partial charge on any atom is 0.337 e. The van der Waals surface area contributed by atoms with Gasteiger partial charge in [-0.05, 0) is 39.2 Å². The first kappa shape index (κ1) is 12.2. The summed E-state index contributed by atoms with van der Waals surface area (Å²) in [6, 6.07) is 2.04. The Morgan fingerprint density at radius 2 is 2.18 bits per heavy atom. The Morgan fingerprint density at radius 1 is 1.47 bits per heavy atom. The SMILES string of the molecule is COC1CCCC1n1c(C)cc(C(=O)O)c1C. The van der Waals surface area contributed by atoms with Crippen LogP contribution in [0.4, 0.5) is 0 Å². The zero-order valence-electron chi connectivity index (χ0n) is 10.6. The average molecular weight is 237 g/mol. The van der Waals surface area contributed by atoms with Crippen LogP contribution in [0.3, 0.4) is 0 Å². The Bertz CT molecular complexity index is 436. The van der Waals surface area contributed by atoms with E-state index in [0.717, 1.165) is 30.7 Å². The Labute approximate surface area is 101 Å². The molecule has 1 saturated carbocycles. The summed E-state index contributed by atoms with van der Waals surface area (Å²) in [5, 5.41) is 9.12. The lowest BCUT2D eigenvalue weighted by atomic mass is 10.2. The highest BCUT2D eigenvalue weighted by atomic mass is 16.5. The molecule has 4 heteroatoms. The predicted molar refractivity (Wildman–Crippen MR) is 64.6 cm³/mol. The van der Waals surface area contributed by atoms with Gasteiger partial charge in [0, 0.05) is 18.5 Å². The summed E-state index contributed by atoms with van der Waals surface area (Å²) in [5.74, 6) is -0.851. The summed E-state index contributed by atoms with van der Waals surface area (Å²) in [5.41, 5.74) is 2.25. The Balaban J connectivity index is 2.41. The first-order valence-corrected chi connectivity index (χ1v) is 6.00. The number of nitrogens with zero attached hydrogens (tertiary/aromatic N) is 1. The number of carboxylic acid groups (broad SMARTS) is 1. The van der Waals surface area contributed by atoms with Crippen LogP contribution in [0.25, 0.3) is 0 Å². The van der Waals surface area contributed by atoms with Crippen molar-refractivity contribution >= 4 is 5.97 Å². The minimum Gasteiger partial charge on any atom is -0.478 e. The molecule has 1 N–H and O–H groups in total. The lowest BCUT2D eigenvalue weighted by Gasteiger charge is -2.23. The van der Waals surface area contributed by atoms with E-state index in [-0.39, 0.29) is 12.1 Å². The number of hydrogen-bond acceptors (Lipinski definition) is 2. The van der Waals surface area contributed by atoms with E-state index in [1.54, 1.807) is 13.2 Å². The van der Waals surface area contributed by atoms with Crippen molar-refractivity contribution in [2.45, 2.75) is 45.3 Å². The van der Waals surface area contributed by atoms with Crippen LogP contribution in [0, 0.1) is 13.8 Å². The number of methoxy groups -OCH3 is 1. The zero-order valence-corrected chi connectivity index (χ0v) is 10.6. The van der Waals surface area contributed by atoms with E-state index in [0.29, 0.717) is 5.56 Å². The molecule has 1 aliphatic carbocycles. The van der Waals surface area contributed by atoms with Gasteiger partial charge in [-0.25, -0.2) is 4.79 Å². The Hall–Kier alpha value is -1.29. The molecule has 2 rings (SSSR count). The fraction of sp³-hybridized carbons (Fsp3) is 0.615. The maximum atomic E-state index is 11.1. The molecule has 0 amide bonds. The average Bonchev–Trinajstić information content (AvgIpc) is 2.83. The number of ether oxygens (including phenoxy) is 1. The molecule has 1 aromatic rings. The summed E-state index contributed by atoms with van der Waals surface area (Å²) in [6.45, 7) is 3.84. The van der Waals surface area contributed by atoms with Gasteiger partial charge in [-0.3, -0.25) is 0 Å². The molecule has 2 atom stereocenters. The monoisotopic (exact) mass is 237 g/mol. The van der Waals surface area contributed by atoms with Crippen molar-refractivity contribution in [2.75, 3.05) is 7.11 Å². The van der Waals surface area contributed by atoms with E-state index < -0.39 is 5.97 Å². The summed E-state index contributed by atoms with van der Waals surface area (Å²) >= 11 is 0. The molecule has 0 bridgehead atoms. The van der Waals surface area contributed by atoms with Crippen molar-refractivity contribution in [1.29, 1.82) is 0 Å². The standard InChI is InChI=1S/C13H19NO3/c1-8-7-10(13(15)16)9(2)14(8)11-5-4-6-12(11)17-3/h7,11-12H,4-6H2,1-3H3,(H,15,16). The number of aromatic carboxylic acids is 1. The van der Waals surface area contributed by atoms with Crippen LogP contribution in [0.1, 0.15) is 47.1 Å². The van der Waals surface area contributed by atoms with Crippen molar-refractivity contribution in [3.05, 3.63) is 23.0 Å². The van der Waals surface area contributed by atoms with Crippen LogP contribution < -0.4 is 0 Å². The number of carboxylic acids is 1. The fourth-order valence-corrected chi connectivity index (χ4v) is 2.98. The third-order valence-electron chi connectivity index (χ3n) is 3.77. The molecule has 0 aliphatic heterocycles. The first-order valence-electron chi connectivity index (χ1n) is 6.00. The highest BCUT2D eigenvalue weighted by molar-refractivity contribution is 5.89. The second-order valence-corrected chi connectivity index (χ2v) is 4.73. The summed E-state index contributed by atoms with van der Waals surface area (Å²) in [6.07, 6.45) is 3.47. The normalized spacial score (nSPS) is 24.2. The van der Waals surface area contributed by atoms with E-state index >= 15 is 0 Å². The van der Waals surface area contributed by atoms with E-state index in [2.05, 4.69) is 4.57 Å². The minimum absolute atomic E-state index is 0.210. The third kappa shape index (κ3) is 1.97. The largest absolute Gasteiger partial charge is 0.478 e. The van der Waals surface area contributed by atoms with Gasteiger partial charge < -0.3 is 14.4 Å². The van der Waals surface area contributed by atoms with Crippen molar-refractivity contribution in [2.24, 2.45) is 0 Å². The highest BCUT2D eigenvalue weighted by Gasteiger charge is 2.31. The number of aryl methyl sites for hydroxylation is 1. The van der Waals surface area contributed by atoms with Crippen LogP contribution in [-0.4, -0.2) is 28.9 Å². The van der Waals surface area contributed by atoms with Crippen LogP contribution in [0.2, 0.25) is 0 Å².